The van der Waals surface area contributed by atoms with Gasteiger partial charge in [-0.05, 0) is 36.6 Å². The number of nitrogens with zero attached hydrogens (tertiary/aromatic N) is 4. The number of pyridine rings is 1. The number of carbonyl (C=O) groups is 1. The summed E-state index contributed by atoms with van der Waals surface area (Å²) in [6.45, 7) is 1.26. The molecule has 31 heavy (non-hydrogen) atoms. The number of aromatic amines is 1. The number of likely N-dealkylation sites (tertiary alicyclic amines) is 1. The summed E-state index contributed by atoms with van der Waals surface area (Å²) in [5.74, 6) is -0.0471. The monoisotopic (exact) mass is 430 g/mol. The summed E-state index contributed by atoms with van der Waals surface area (Å²) >= 11 is 1.46. The highest BCUT2D eigenvalue weighted by atomic mass is 32.1. The van der Waals surface area contributed by atoms with Gasteiger partial charge in [0, 0.05) is 30.1 Å². The normalized spacial score (nSPS) is 15.7. The van der Waals surface area contributed by atoms with Crippen LogP contribution in [0.25, 0.3) is 11.4 Å². The fraction of sp³-hybridized carbons (Fsp3) is 0.217. The van der Waals surface area contributed by atoms with Crippen LogP contribution < -0.4 is 5.73 Å². The van der Waals surface area contributed by atoms with Crippen molar-refractivity contribution in [1.29, 1.82) is 0 Å². The Morgan fingerprint density at radius 1 is 1.06 bits per heavy atom. The van der Waals surface area contributed by atoms with Crippen molar-refractivity contribution >= 4 is 22.4 Å². The summed E-state index contributed by atoms with van der Waals surface area (Å²) in [5.41, 5.74) is 9.80. The zero-order chi connectivity index (χ0) is 21.3. The first-order valence-electron chi connectivity index (χ1n) is 10.2. The highest BCUT2D eigenvalue weighted by Gasteiger charge is 2.41. The molecule has 5 rings (SSSR count). The second-order valence-corrected chi connectivity index (χ2v) is 8.58. The van der Waals surface area contributed by atoms with Crippen LogP contribution in [0.1, 0.15) is 34.6 Å². The highest BCUT2D eigenvalue weighted by molar-refractivity contribution is 7.13. The van der Waals surface area contributed by atoms with Crippen LogP contribution >= 0.6 is 11.3 Å². The molecule has 0 radical (unpaired) electrons. The van der Waals surface area contributed by atoms with E-state index in [1.807, 2.05) is 46.7 Å². The first kappa shape index (κ1) is 19.4. The Hall–Kier alpha value is -3.52. The Kier molecular flexibility index (Phi) is 4.99. The standard InChI is InChI=1S/C23H22N6OS/c24-22-26-20(15-31-22)23(16-6-2-1-3-7-16)9-12-29(13-10-23)21(30)19-14-18(27-28-19)17-8-4-5-11-25-17/h1-8,11,14-15H,9-10,12-13H2,(H2,24,26)(H,27,28). The van der Waals surface area contributed by atoms with Gasteiger partial charge in [-0.15, -0.1) is 11.3 Å². The van der Waals surface area contributed by atoms with Gasteiger partial charge < -0.3 is 10.6 Å². The Morgan fingerprint density at radius 3 is 2.52 bits per heavy atom. The van der Waals surface area contributed by atoms with Crippen LogP contribution in [0.3, 0.4) is 0 Å². The Bertz CT molecular complexity index is 1180. The number of H-pyrrole nitrogens is 1. The summed E-state index contributed by atoms with van der Waals surface area (Å²) in [4.78, 5) is 23.9. The number of aromatic nitrogens is 4. The van der Waals surface area contributed by atoms with E-state index in [4.69, 9.17) is 5.73 Å². The number of piperidine rings is 1. The smallest absolute Gasteiger partial charge is 0.271 e. The van der Waals surface area contributed by atoms with Crippen molar-refractivity contribution in [1.82, 2.24) is 25.1 Å². The van der Waals surface area contributed by atoms with Crippen LogP contribution in [-0.2, 0) is 5.41 Å². The molecule has 0 spiro atoms. The van der Waals surface area contributed by atoms with Gasteiger partial charge in [-0.2, -0.15) is 5.10 Å². The van der Waals surface area contributed by atoms with Gasteiger partial charge in [0.15, 0.2) is 5.13 Å². The van der Waals surface area contributed by atoms with Crippen LogP contribution in [0, 0.1) is 0 Å². The molecular weight excluding hydrogens is 408 g/mol. The molecule has 1 fully saturated rings. The van der Waals surface area contributed by atoms with Crippen LogP contribution in [0.4, 0.5) is 5.13 Å². The molecule has 3 N–H and O–H groups in total. The summed E-state index contributed by atoms with van der Waals surface area (Å²) < 4.78 is 0. The van der Waals surface area contributed by atoms with E-state index in [1.54, 1.807) is 12.3 Å². The van der Waals surface area contributed by atoms with E-state index in [2.05, 4.69) is 32.3 Å². The number of thiazole rings is 1. The molecule has 0 saturated carbocycles. The van der Waals surface area contributed by atoms with E-state index >= 15 is 0 Å². The topological polar surface area (TPSA) is 101 Å². The number of nitrogens with two attached hydrogens (primary N) is 1. The van der Waals surface area contributed by atoms with E-state index < -0.39 is 0 Å². The number of anilines is 1. The maximum absolute atomic E-state index is 13.1. The molecule has 0 unspecified atom stereocenters. The average Bonchev–Trinajstić information content (AvgIpc) is 3.50. The Labute approximate surface area is 184 Å². The molecule has 1 aromatic carbocycles. The van der Waals surface area contributed by atoms with Gasteiger partial charge in [-0.1, -0.05) is 36.4 Å². The van der Waals surface area contributed by atoms with Gasteiger partial charge in [-0.3, -0.25) is 14.9 Å². The Morgan fingerprint density at radius 2 is 1.84 bits per heavy atom. The molecule has 1 aliphatic heterocycles. The maximum atomic E-state index is 13.1. The lowest BCUT2D eigenvalue weighted by atomic mass is 9.70. The van der Waals surface area contributed by atoms with Crippen LogP contribution in [0.15, 0.2) is 66.2 Å². The third-order valence-electron chi connectivity index (χ3n) is 5.98. The largest absolute Gasteiger partial charge is 0.375 e. The van der Waals surface area contributed by atoms with Gasteiger partial charge in [0.05, 0.1) is 11.4 Å². The number of rotatable bonds is 4. The quantitative estimate of drug-likeness (QED) is 0.514. The molecule has 0 aliphatic carbocycles. The first-order chi connectivity index (χ1) is 15.2. The number of amides is 1. The fourth-order valence-corrected chi connectivity index (χ4v) is 4.96. The lowest BCUT2D eigenvalue weighted by Crippen LogP contribution is -2.46. The zero-order valence-electron chi connectivity index (χ0n) is 16.9. The Balaban J connectivity index is 1.37. The van der Waals surface area contributed by atoms with Gasteiger partial charge in [-0.25, -0.2) is 4.98 Å². The molecule has 7 nitrogen and oxygen atoms in total. The van der Waals surface area contributed by atoms with Crippen molar-refractivity contribution < 1.29 is 4.79 Å². The molecule has 1 saturated heterocycles. The summed E-state index contributed by atoms with van der Waals surface area (Å²) in [7, 11) is 0. The van der Waals surface area contributed by atoms with Crippen LogP contribution in [-0.4, -0.2) is 44.1 Å². The van der Waals surface area contributed by atoms with Gasteiger partial charge >= 0.3 is 0 Å². The average molecular weight is 431 g/mol. The number of nitrogen functional groups attached to an aromatic ring is 1. The minimum absolute atomic E-state index is 0.0471. The molecule has 1 amide bonds. The van der Waals surface area contributed by atoms with E-state index in [9.17, 15) is 4.79 Å². The molecule has 0 bridgehead atoms. The second-order valence-electron chi connectivity index (χ2n) is 7.69. The van der Waals surface area contributed by atoms with Crippen LogP contribution in [0.2, 0.25) is 0 Å². The van der Waals surface area contributed by atoms with Crippen molar-refractivity contribution in [3.8, 4) is 11.4 Å². The van der Waals surface area contributed by atoms with E-state index in [0.29, 0.717) is 29.6 Å². The van der Waals surface area contributed by atoms with Crippen LogP contribution in [0.5, 0.6) is 0 Å². The molecule has 8 heteroatoms. The van der Waals surface area contributed by atoms with E-state index in [-0.39, 0.29) is 11.3 Å². The number of hydrogen-bond donors (Lipinski definition) is 2. The molecule has 1 aliphatic rings. The number of carbonyl (C=O) groups excluding carboxylic acids is 1. The lowest BCUT2D eigenvalue weighted by molar-refractivity contribution is 0.0678. The number of hydrogen-bond acceptors (Lipinski definition) is 6. The van der Waals surface area contributed by atoms with Crippen molar-refractivity contribution in [2.45, 2.75) is 18.3 Å². The second kappa shape index (κ2) is 7.96. The van der Waals surface area contributed by atoms with Gasteiger partial charge in [0.25, 0.3) is 5.91 Å². The van der Waals surface area contributed by atoms with Gasteiger partial charge in [0.1, 0.15) is 11.4 Å². The highest BCUT2D eigenvalue weighted by Crippen LogP contribution is 2.42. The minimum atomic E-state index is -0.237. The molecule has 3 aromatic heterocycles. The van der Waals surface area contributed by atoms with E-state index in [1.165, 1.54) is 16.9 Å². The van der Waals surface area contributed by atoms with Crippen molar-refractivity contribution in [2.75, 3.05) is 18.8 Å². The first-order valence-corrected chi connectivity index (χ1v) is 11.1. The third kappa shape index (κ3) is 3.59. The minimum Gasteiger partial charge on any atom is -0.375 e. The predicted molar refractivity (Wildman–Crippen MR) is 121 cm³/mol. The predicted octanol–water partition coefficient (Wildman–Crippen LogP) is 3.73. The maximum Gasteiger partial charge on any atom is 0.271 e. The lowest BCUT2D eigenvalue weighted by Gasteiger charge is -2.41. The van der Waals surface area contributed by atoms with Crippen molar-refractivity contribution in [2.24, 2.45) is 0 Å². The summed E-state index contributed by atoms with van der Waals surface area (Å²) in [5, 5.41) is 9.77. The van der Waals surface area contributed by atoms with Crippen molar-refractivity contribution in [3.05, 3.63) is 83.1 Å². The van der Waals surface area contributed by atoms with Crippen molar-refractivity contribution in [3.63, 3.8) is 0 Å². The molecule has 4 heterocycles. The van der Waals surface area contributed by atoms with Gasteiger partial charge in [0.2, 0.25) is 0 Å². The van der Waals surface area contributed by atoms with E-state index in [0.717, 1.165) is 24.2 Å². The fourth-order valence-electron chi connectivity index (χ4n) is 4.30. The molecule has 4 aromatic rings. The SMILES string of the molecule is Nc1nc(C2(c3ccccc3)CCN(C(=O)c3cc(-c4ccccn4)n[nH]3)CC2)cs1. The zero-order valence-corrected chi connectivity index (χ0v) is 17.7. The summed E-state index contributed by atoms with van der Waals surface area (Å²) in [6.07, 6.45) is 3.28. The third-order valence-corrected chi connectivity index (χ3v) is 6.65. The number of nitrogens with one attached hydrogen (secondary N) is 1. The molecular formula is C23H22N6OS. The molecule has 156 valence electrons. The number of benzene rings is 1. The molecule has 0 atom stereocenters. The summed E-state index contributed by atoms with van der Waals surface area (Å²) in [6, 6.07) is 17.8.